The first-order chi connectivity index (χ1) is 11.0. The van der Waals surface area contributed by atoms with Crippen LogP contribution < -0.4 is 0 Å². The number of aromatic nitrogens is 1. The summed E-state index contributed by atoms with van der Waals surface area (Å²) in [6, 6.07) is 5.23. The van der Waals surface area contributed by atoms with E-state index in [4.69, 9.17) is 5.11 Å². The molecule has 0 spiro atoms. The lowest BCUT2D eigenvalue weighted by molar-refractivity contribution is -0.141. The van der Waals surface area contributed by atoms with E-state index >= 15 is 0 Å². The Morgan fingerprint density at radius 3 is 2.21 bits per heavy atom. The first kappa shape index (κ1) is 17.8. The van der Waals surface area contributed by atoms with E-state index in [-0.39, 0.29) is 16.8 Å². The van der Waals surface area contributed by atoms with E-state index in [1.807, 2.05) is 0 Å². The number of carbonyl (C=O) groups is 1. The second-order valence-corrected chi connectivity index (χ2v) is 4.89. The maximum atomic E-state index is 12.9. The molecule has 0 saturated heterocycles. The van der Waals surface area contributed by atoms with E-state index < -0.39 is 36.0 Å². The van der Waals surface area contributed by atoms with Gasteiger partial charge in [-0.2, -0.15) is 26.3 Å². The normalized spacial score (nSPS) is 12.2. The number of halogens is 6. The number of rotatable bonds is 3. The van der Waals surface area contributed by atoms with Gasteiger partial charge in [-0.3, -0.25) is 4.79 Å². The number of benzene rings is 1. The van der Waals surface area contributed by atoms with Gasteiger partial charge in [0.25, 0.3) is 0 Å². The smallest absolute Gasteiger partial charge is 0.433 e. The molecule has 0 unspecified atom stereocenters. The van der Waals surface area contributed by atoms with Crippen molar-refractivity contribution < 1.29 is 36.2 Å². The molecule has 1 aromatic heterocycles. The van der Waals surface area contributed by atoms with Crippen LogP contribution >= 0.6 is 0 Å². The Balaban J connectivity index is 2.59. The minimum Gasteiger partial charge on any atom is -0.481 e. The van der Waals surface area contributed by atoms with Crippen LogP contribution in [0.1, 0.15) is 16.8 Å². The fourth-order valence-electron chi connectivity index (χ4n) is 2.01. The number of alkyl halides is 6. The summed E-state index contributed by atoms with van der Waals surface area (Å²) < 4.78 is 76.8. The van der Waals surface area contributed by atoms with Crippen LogP contribution in [0.4, 0.5) is 26.3 Å². The molecule has 3 nitrogen and oxygen atoms in total. The molecule has 0 aliphatic heterocycles. The van der Waals surface area contributed by atoms with E-state index in [0.29, 0.717) is 12.1 Å². The second-order valence-electron chi connectivity index (χ2n) is 4.89. The quantitative estimate of drug-likeness (QED) is 0.835. The molecule has 0 saturated carbocycles. The van der Waals surface area contributed by atoms with Gasteiger partial charge in [-0.1, -0.05) is 12.1 Å². The molecular formula is C15H9F6NO2. The van der Waals surface area contributed by atoms with Crippen molar-refractivity contribution in [3.63, 3.8) is 0 Å². The van der Waals surface area contributed by atoms with Crippen molar-refractivity contribution in [1.82, 2.24) is 4.98 Å². The maximum Gasteiger partial charge on any atom is 0.433 e. The molecule has 0 fully saturated rings. The van der Waals surface area contributed by atoms with Crippen molar-refractivity contribution in [2.24, 2.45) is 0 Å². The number of pyridine rings is 1. The molecule has 9 heteroatoms. The zero-order valence-corrected chi connectivity index (χ0v) is 11.7. The molecule has 0 aliphatic carbocycles. The van der Waals surface area contributed by atoms with Crippen molar-refractivity contribution in [2.45, 2.75) is 18.8 Å². The average Bonchev–Trinajstić information content (AvgIpc) is 2.44. The van der Waals surface area contributed by atoms with Gasteiger partial charge in [-0.05, 0) is 29.8 Å². The van der Waals surface area contributed by atoms with E-state index in [0.717, 1.165) is 18.2 Å². The van der Waals surface area contributed by atoms with E-state index in [2.05, 4.69) is 4.98 Å². The molecule has 2 aromatic rings. The Morgan fingerprint density at radius 2 is 1.67 bits per heavy atom. The van der Waals surface area contributed by atoms with Crippen LogP contribution in [0.3, 0.4) is 0 Å². The van der Waals surface area contributed by atoms with Gasteiger partial charge in [-0.15, -0.1) is 0 Å². The van der Waals surface area contributed by atoms with Crippen LogP contribution in [-0.2, 0) is 23.6 Å². The van der Waals surface area contributed by atoms with Crippen LogP contribution in [0.25, 0.3) is 11.3 Å². The number of aliphatic carboxylic acids is 1. The third-order valence-electron chi connectivity index (χ3n) is 3.02. The van der Waals surface area contributed by atoms with Gasteiger partial charge in [0.05, 0.1) is 17.7 Å². The van der Waals surface area contributed by atoms with Gasteiger partial charge in [0.2, 0.25) is 0 Å². The lowest BCUT2D eigenvalue weighted by atomic mass is 10.0. The third kappa shape index (κ3) is 4.24. The summed E-state index contributed by atoms with van der Waals surface area (Å²) in [5, 5.41) is 8.72. The largest absolute Gasteiger partial charge is 0.481 e. The summed E-state index contributed by atoms with van der Waals surface area (Å²) in [6.07, 6.45) is -10.2. The predicted molar refractivity (Wildman–Crippen MR) is 71.0 cm³/mol. The summed E-state index contributed by atoms with van der Waals surface area (Å²) in [5.74, 6) is -1.37. The Bertz CT molecular complexity index is 767. The first-order valence-electron chi connectivity index (χ1n) is 6.44. The fraction of sp³-hybridized carbons (Fsp3) is 0.200. The summed E-state index contributed by atoms with van der Waals surface area (Å²) in [4.78, 5) is 14.0. The van der Waals surface area contributed by atoms with E-state index in [1.165, 1.54) is 6.07 Å². The molecule has 0 aliphatic rings. The van der Waals surface area contributed by atoms with Gasteiger partial charge >= 0.3 is 18.3 Å². The van der Waals surface area contributed by atoms with Gasteiger partial charge in [0.1, 0.15) is 5.69 Å². The monoisotopic (exact) mass is 349 g/mol. The fourth-order valence-corrected chi connectivity index (χ4v) is 2.01. The lowest BCUT2D eigenvalue weighted by Crippen LogP contribution is -2.11. The zero-order valence-electron chi connectivity index (χ0n) is 11.7. The molecule has 2 rings (SSSR count). The Morgan fingerprint density at radius 1 is 1.00 bits per heavy atom. The highest BCUT2D eigenvalue weighted by Crippen LogP contribution is 2.34. The van der Waals surface area contributed by atoms with Gasteiger partial charge < -0.3 is 5.11 Å². The van der Waals surface area contributed by atoms with Crippen LogP contribution in [0.15, 0.2) is 36.4 Å². The number of nitrogens with zero attached hydrogens (tertiary/aromatic N) is 1. The molecule has 1 heterocycles. The van der Waals surface area contributed by atoms with Crippen LogP contribution in [0.2, 0.25) is 0 Å². The van der Waals surface area contributed by atoms with Crippen molar-refractivity contribution in [2.75, 3.05) is 0 Å². The van der Waals surface area contributed by atoms with Crippen LogP contribution in [0.5, 0.6) is 0 Å². The summed E-state index contributed by atoms with van der Waals surface area (Å²) >= 11 is 0. The maximum absolute atomic E-state index is 12.9. The number of carboxylic acid groups (broad SMARTS) is 1. The molecule has 24 heavy (non-hydrogen) atoms. The highest BCUT2D eigenvalue weighted by Gasteiger charge is 2.34. The standard InChI is InChI=1S/C15H9F6NO2/c16-14(17,18)10-3-1-2-9(7-10)11-4-8(6-13(23)24)5-12(22-11)15(19,20)21/h1-5,7H,6H2,(H,23,24). The van der Waals surface area contributed by atoms with Crippen LogP contribution in [0, 0.1) is 0 Å². The predicted octanol–water partition coefficient (Wildman–Crippen LogP) is 4.41. The van der Waals surface area contributed by atoms with Gasteiger partial charge in [-0.25, -0.2) is 4.98 Å². The highest BCUT2D eigenvalue weighted by atomic mass is 19.4. The molecule has 0 atom stereocenters. The third-order valence-corrected chi connectivity index (χ3v) is 3.02. The van der Waals surface area contributed by atoms with Crippen LogP contribution in [-0.4, -0.2) is 16.1 Å². The molecule has 0 radical (unpaired) electrons. The Labute approximate surface area is 131 Å². The molecule has 0 bridgehead atoms. The van der Waals surface area contributed by atoms with E-state index in [1.54, 1.807) is 0 Å². The highest BCUT2D eigenvalue weighted by molar-refractivity contribution is 5.71. The Kier molecular flexibility index (Phi) is 4.54. The molecule has 1 N–H and O–H groups in total. The molecule has 1 aromatic carbocycles. The molecule has 0 amide bonds. The minimum absolute atomic E-state index is 0.192. The molecular weight excluding hydrogens is 340 g/mol. The first-order valence-corrected chi connectivity index (χ1v) is 6.44. The summed E-state index contributed by atoms with van der Waals surface area (Å²) in [7, 11) is 0. The number of carboxylic acids is 1. The number of hydrogen-bond acceptors (Lipinski definition) is 2. The minimum atomic E-state index is -4.86. The lowest BCUT2D eigenvalue weighted by Gasteiger charge is -2.12. The number of hydrogen-bond donors (Lipinski definition) is 1. The van der Waals surface area contributed by atoms with Crippen molar-refractivity contribution in [3.05, 3.63) is 53.2 Å². The van der Waals surface area contributed by atoms with Gasteiger partial charge in [0, 0.05) is 5.56 Å². The second kappa shape index (κ2) is 6.14. The van der Waals surface area contributed by atoms with Crippen molar-refractivity contribution >= 4 is 5.97 Å². The Hall–Kier alpha value is -2.58. The average molecular weight is 349 g/mol. The summed E-state index contributed by atoms with van der Waals surface area (Å²) in [5.41, 5.74) is -3.19. The zero-order chi connectivity index (χ0) is 18.1. The van der Waals surface area contributed by atoms with Crippen molar-refractivity contribution in [1.29, 1.82) is 0 Å². The van der Waals surface area contributed by atoms with Gasteiger partial charge in [0.15, 0.2) is 0 Å². The SMILES string of the molecule is O=C(O)Cc1cc(-c2cccc(C(F)(F)F)c2)nc(C(F)(F)F)c1. The topological polar surface area (TPSA) is 50.2 Å². The van der Waals surface area contributed by atoms with Crippen molar-refractivity contribution in [3.8, 4) is 11.3 Å². The molecule has 128 valence electrons. The van der Waals surface area contributed by atoms with E-state index in [9.17, 15) is 31.1 Å². The summed E-state index contributed by atoms with van der Waals surface area (Å²) in [6.45, 7) is 0.